The number of nitrogens with one attached hydrogen (secondary N) is 1. The molecular formula is C25H17Cl2N3O. The Balaban J connectivity index is 1.67. The number of hydrogen-bond donors (Lipinski definition) is 1. The lowest BCUT2D eigenvalue weighted by molar-refractivity contribution is -0.116. The van der Waals surface area contributed by atoms with Gasteiger partial charge in [0.1, 0.15) is 6.54 Å². The van der Waals surface area contributed by atoms with Gasteiger partial charge in [0.15, 0.2) is 0 Å². The summed E-state index contributed by atoms with van der Waals surface area (Å²) in [7, 11) is 0. The van der Waals surface area contributed by atoms with E-state index >= 15 is 0 Å². The third-order valence-electron chi connectivity index (χ3n) is 4.85. The van der Waals surface area contributed by atoms with Crippen molar-refractivity contribution in [1.82, 2.24) is 4.57 Å². The summed E-state index contributed by atoms with van der Waals surface area (Å²) in [5.74, 6) is -0.162. The number of allylic oxidation sites excluding steroid dienone is 1. The molecule has 6 heteroatoms. The number of aromatic nitrogens is 1. The van der Waals surface area contributed by atoms with E-state index in [-0.39, 0.29) is 12.5 Å². The molecule has 0 atom stereocenters. The van der Waals surface area contributed by atoms with Crippen LogP contribution >= 0.6 is 23.2 Å². The normalized spacial score (nSPS) is 11.3. The third kappa shape index (κ3) is 4.64. The molecule has 152 valence electrons. The highest BCUT2D eigenvalue weighted by molar-refractivity contribution is 6.32. The van der Waals surface area contributed by atoms with Crippen LogP contribution in [0.5, 0.6) is 0 Å². The number of benzene rings is 3. The zero-order chi connectivity index (χ0) is 21.8. The minimum absolute atomic E-state index is 0.130. The molecule has 0 aliphatic carbocycles. The van der Waals surface area contributed by atoms with Gasteiger partial charge in [0, 0.05) is 44.0 Å². The molecular weight excluding hydrogens is 429 g/mol. The van der Waals surface area contributed by atoms with Crippen molar-refractivity contribution in [3.63, 3.8) is 0 Å². The molecule has 31 heavy (non-hydrogen) atoms. The molecule has 4 nitrogen and oxygen atoms in total. The number of fused-ring (bicyclic) bond motifs is 1. The molecule has 4 rings (SSSR count). The molecule has 1 heterocycles. The van der Waals surface area contributed by atoms with Crippen LogP contribution in [-0.2, 0) is 11.3 Å². The predicted octanol–water partition coefficient (Wildman–Crippen LogP) is 6.65. The largest absolute Gasteiger partial charge is 0.337 e. The maximum atomic E-state index is 12.6. The summed E-state index contributed by atoms with van der Waals surface area (Å²) >= 11 is 12.2. The molecule has 0 radical (unpaired) electrons. The first-order valence-electron chi connectivity index (χ1n) is 9.55. The van der Waals surface area contributed by atoms with E-state index in [4.69, 9.17) is 23.2 Å². The Morgan fingerprint density at radius 1 is 1.00 bits per heavy atom. The molecule has 1 N–H and O–H groups in total. The van der Waals surface area contributed by atoms with Crippen molar-refractivity contribution in [1.29, 1.82) is 5.26 Å². The summed E-state index contributed by atoms with van der Waals surface area (Å²) in [5, 5.41) is 14.7. The summed E-state index contributed by atoms with van der Waals surface area (Å²) in [6, 6.07) is 24.2. The molecule has 0 aliphatic heterocycles. The Morgan fingerprint density at radius 3 is 2.45 bits per heavy atom. The quantitative estimate of drug-likeness (QED) is 0.349. The minimum atomic E-state index is -0.162. The van der Waals surface area contributed by atoms with Gasteiger partial charge >= 0.3 is 0 Å². The lowest BCUT2D eigenvalue weighted by Gasteiger charge is -2.07. The molecule has 0 saturated heterocycles. The van der Waals surface area contributed by atoms with Crippen LogP contribution in [0.4, 0.5) is 5.69 Å². The molecule has 0 aliphatic rings. The summed E-state index contributed by atoms with van der Waals surface area (Å²) in [4.78, 5) is 12.6. The fourth-order valence-corrected chi connectivity index (χ4v) is 3.78. The summed E-state index contributed by atoms with van der Waals surface area (Å²) < 4.78 is 1.87. The number of halogens is 2. The number of nitrogens with zero attached hydrogens (tertiary/aromatic N) is 2. The van der Waals surface area contributed by atoms with Gasteiger partial charge in [-0.2, -0.15) is 5.26 Å². The van der Waals surface area contributed by atoms with Crippen molar-refractivity contribution in [2.45, 2.75) is 6.54 Å². The molecule has 0 bridgehead atoms. The molecule has 1 aromatic heterocycles. The van der Waals surface area contributed by atoms with E-state index in [1.165, 1.54) is 0 Å². The predicted molar refractivity (Wildman–Crippen MR) is 127 cm³/mol. The number of hydrogen-bond acceptors (Lipinski definition) is 2. The number of nitriles is 1. The topological polar surface area (TPSA) is 57.8 Å². The van der Waals surface area contributed by atoms with E-state index in [9.17, 15) is 10.1 Å². The fraction of sp³-hybridized carbons (Fsp3) is 0.0400. The molecule has 0 spiro atoms. The lowest BCUT2D eigenvalue weighted by Crippen LogP contribution is -2.18. The second-order valence-corrected chi connectivity index (χ2v) is 7.78. The molecule has 3 aromatic carbocycles. The van der Waals surface area contributed by atoms with Crippen molar-refractivity contribution < 1.29 is 4.79 Å². The highest BCUT2D eigenvalue weighted by Crippen LogP contribution is 2.29. The van der Waals surface area contributed by atoms with Crippen LogP contribution in [0.2, 0.25) is 10.0 Å². The number of carbonyl (C=O) groups excluding carboxylic acids is 1. The monoisotopic (exact) mass is 445 g/mol. The van der Waals surface area contributed by atoms with Gasteiger partial charge in [0.25, 0.3) is 0 Å². The van der Waals surface area contributed by atoms with Gasteiger partial charge in [-0.15, -0.1) is 0 Å². The van der Waals surface area contributed by atoms with Crippen LogP contribution in [-0.4, -0.2) is 10.5 Å². The van der Waals surface area contributed by atoms with Crippen LogP contribution in [0.15, 0.2) is 79.0 Å². The minimum Gasteiger partial charge on any atom is -0.337 e. The zero-order valence-corrected chi connectivity index (χ0v) is 17.9. The van der Waals surface area contributed by atoms with E-state index < -0.39 is 0 Å². The average Bonchev–Trinajstić information content (AvgIpc) is 3.11. The van der Waals surface area contributed by atoms with Crippen LogP contribution in [0.25, 0.3) is 22.6 Å². The maximum absolute atomic E-state index is 12.6. The van der Waals surface area contributed by atoms with Gasteiger partial charge in [-0.05, 0) is 42.5 Å². The van der Waals surface area contributed by atoms with Gasteiger partial charge in [0.2, 0.25) is 5.91 Å². The van der Waals surface area contributed by atoms with E-state index in [2.05, 4.69) is 11.4 Å². The number of carbonyl (C=O) groups is 1. The van der Waals surface area contributed by atoms with Gasteiger partial charge in [-0.25, -0.2) is 0 Å². The Labute approximate surface area is 189 Å². The highest BCUT2D eigenvalue weighted by Gasteiger charge is 2.12. The van der Waals surface area contributed by atoms with Gasteiger partial charge in [-0.1, -0.05) is 59.6 Å². The molecule has 0 unspecified atom stereocenters. The van der Waals surface area contributed by atoms with Crippen molar-refractivity contribution in [3.8, 4) is 6.07 Å². The lowest BCUT2D eigenvalue weighted by atomic mass is 10.0. The molecule has 0 fully saturated rings. The third-order valence-corrected chi connectivity index (χ3v) is 5.43. The Kier molecular flexibility index (Phi) is 6.08. The first kappa shape index (κ1) is 20.7. The number of para-hydroxylation sites is 1. The smallest absolute Gasteiger partial charge is 0.244 e. The molecule has 0 saturated carbocycles. The number of anilines is 1. The van der Waals surface area contributed by atoms with Gasteiger partial charge in [0.05, 0.1) is 11.6 Å². The SMILES string of the molecule is N#CC(=Cc1cn(CC(=O)Nc2ccc(Cl)cc2)c2ccccc12)c1ccccc1Cl. The maximum Gasteiger partial charge on any atom is 0.244 e. The summed E-state index contributed by atoms with van der Waals surface area (Å²) in [6.45, 7) is 0.130. The molecule has 4 aromatic rings. The van der Waals surface area contributed by atoms with Crippen molar-refractivity contribution >= 4 is 57.3 Å². The number of amides is 1. The van der Waals surface area contributed by atoms with Crippen LogP contribution in [0.3, 0.4) is 0 Å². The number of rotatable bonds is 5. The van der Waals surface area contributed by atoms with Gasteiger partial charge in [-0.3, -0.25) is 4.79 Å². The first-order valence-corrected chi connectivity index (χ1v) is 10.3. The van der Waals surface area contributed by atoms with Crippen LogP contribution in [0, 0.1) is 11.3 Å². The van der Waals surface area contributed by atoms with Crippen molar-refractivity contribution in [2.75, 3.05) is 5.32 Å². The highest BCUT2D eigenvalue weighted by atomic mass is 35.5. The Bertz CT molecular complexity index is 1330. The summed E-state index contributed by atoms with van der Waals surface area (Å²) in [5.41, 5.74) is 3.54. The van der Waals surface area contributed by atoms with E-state index in [0.29, 0.717) is 26.9 Å². The standard InChI is InChI=1S/C25H17Cl2N3O/c26-19-9-11-20(12-10-19)29-25(31)16-30-15-18(22-6-2-4-8-24(22)30)13-17(14-28)21-5-1-3-7-23(21)27/h1-13,15H,16H2,(H,29,31). The van der Waals surface area contributed by atoms with Gasteiger partial charge < -0.3 is 9.88 Å². The average molecular weight is 446 g/mol. The van der Waals surface area contributed by atoms with Crippen LogP contribution < -0.4 is 5.32 Å². The second kappa shape index (κ2) is 9.09. The van der Waals surface area contributed by atoms with Crippen molar-refractivity contribution in [3.05, 3.63) is 100 Å². The Hall–Kier alpha value is -3.52. The zero-order valence-electron chi connectivity index (χ0n) is 16.3. The van der Waals surface area contributed by atoms with E-state index in [1.807, 2.05) is 53.2 Å². The van der Waals surface area contributed by atoms with E-state index in [0.717, 1.165) is 16.5 Å². The van der Waals surface area contributed by atoms with Crippen molar-refractivity contribution in [2.24, 2.45) is 0 Å². The summed E-state index contributed by atoms with van der Waals surface area (Å²) in [6.07, 6.45) is 3.68. The Morgan fingerprint density at radius 2 is 1.71 bits per heavy atom. The molecule has 1 amide bonds. The first-order chi connectivity index (χ1) is 15.0. The fourth-order valence-electron chi connectivity index (χ4n) is 3.41. The second-order valence-electron chi connectivity index (χ2n) is 6.93. The van der Waals surface area contributed by atoms with E-state index in [1.54, 1.807) is 36.4 Å². The van der Waals surface area contributed by atoms with Crippen LogP contribution in [0.1, 0.15) is 11.1 Å².